The fourth-order valence-corrected chi connectivity index (χ4v) is 5.34. The first-order chi connectivity index (χ1) is 17.4. The number of thiocarbonyl (C=S) groups is 1. The second kappa shape index (κ2) is 9.59. The van der Waals surface area contributed by atoms with Gasteiger partial charge in [0.1, 0.15) is 11.8 Å². The molecule has 5 rings (SSSR count). The highest BCUT2D eigenvalue weighted by atomic mass is 32.2. The number of hydrogen-bond acceptors (Lipinski definition) is 6. The molecule has 1 aliphatic rings. The van der Waals surface area contributed by atoms with Crippen molar-refractivity contribution in [3.05, 3.63) is 96.8 Å². The van der Waals surface area contributed by atoms with E-state index in [0.29, 0.717) is 16.5 Å². The SMILES string of the molecule is COc1cc(N2C(=S)N[C@@H](c3ccccn3)[C@H]2c2cccn2-c2ccncc2)ccc1NS(C)(=O)=O. The third kappa shape index (κ3) is 4.62. The lowest BCUT2D eigenvalue weighted by molar-refractivity contribution is 0.417. The molecule has 184 valence electrons. The summed E-state index contributed by atoms with van der Waals surface area (Å²) >= 11 is 5.83. The number of nitrogens with zero attached hydrogens (tertiary/aromatic N) is 4. The van der Waals surface area contributed by atoms with Crippen LogP contribution in [0, 0.1) is 0 Å². The number of ether oxygens (including phenoxy) is 1. The summed E-state index contributed by atoms with van der Waals surface area (Å²) in [6, 6.07) is 18.5. The van der Waals surface area contributed by atoms with Crippen molar-refractivity contribution in [2.75, 3.05) is 23.0 Å². The molecular formula is C25H24N6O3S2. The highest BCUT2D eigenvalue weighted by Gasteiger charge is 2.42. The van der Waals surface area contributed by atoms with E-state index in [0.717, 1.165) is 29.0 Å². The van der Waals surface area contributed by atoms with E-state index >= 15 is 0 Å². The molecule has 1 saturated heterocycles. The summed E-state index contributed by atoms with van der Waals surface area (Å²) in [6.45, 7) is 0. The van der Waals surface area contributed by atoms with Crippen molar-refractivity contribution in [3.8, 4) is 11.4 Å². The lowest BCUT2D eigenvalue weighted by Crippen LogP contribution is -2.30. The first-order valence-corrected chi connectivity index (χ1v) is 13.4. The summed E-state index contributed by atoms with van der Waals surface area (Å²) in [4.78, 5) is 10.8. The standard InChI is InChI=1S/C25H24N6O3S2/c1-34-22-16-18(8-9-19(22)29-36(2,32)33)31-24(23(28-25(31)35)20-6-3-4-12-27-20)21-7-5-15-30(21)17-10-13-26-14-11-17/h3-16,23-24,29H,1-2H3,(H,28,35)/t23-,24+/m0/s1. The third-order valence-corrected chi connectivity index (χ3v) is 6.79. The van der Waals surface area contributed by atoms with Gasteiger partial charge in [-0.3, -0.25) is 14.7 Å². The van der Waals surface area contributed by atoms with Crippen LogP contribution in [0.3, 0.4) is 0 Å². The van der Waals surface area contributed by atoms with Crippen LogP contribution in [0.2, 0.25) is 0 Å². The van der Waals surface area contributed by atoms with Gasteiger partial charge in [-0.2, -0.15) is 0 Å². The molecule has 1 aromatic carbocycles. The number of nitrogens with one attached hydrogen (secondary N) is 2. The number of benzene rings is 1. The molecule has 0 amide bonds. The van der Waals surface area contributed by atoms with Crippen molar-refractivity contribution in [2.45, 2.75) is 12.1 Å². The Kier molecular flexibility index (Phi) is 6.33. The molecule has 0 spiro atoms. The molecule has 0 unspecified atom stereocenters. The molecule has 2 N–H and O–H groups in total. The predicted octanol–water partition coefficient (Wildman–Crippen LogP) is 3.82. The first kappa shape index (κ1) is 23.8. The zero-order valence-electron chi connectivity index (χ0n) is 19.6. The molecule has 0 bridgehead atoms. The Labute approximate surface area is 214 Å². The van der Waals surface area contributed by atoms with E-state index in [1.807, 2.05) is 53.6 Å². The number of aromatic nitrogens is 3. The monoisotopic (exact) mass is 520 g/mol. The summed E-state index contributed by atoms with van der Waals surface area (Å²) in [5, 5.41) is 3.96. The minimum Gasteiger partial charge on any atom is -0.494 e. The van der Waals surface area contributed by atoms with Gasteiger partial charge in [0.2, 0.25) is 10.0 Å². The van der Waals surface area contributed by atoms with Gasteiger partial charge in [0.15, 0.2) is 5.11 Å². The van der Waals surface area contributed by atoms with E-state index in [-0.39, 0.29) is 12.1 Å². The zero-order valence-corrected chi connectivity index (χ0v) is 21.2. The molecular weight excluding hydrogens is 496 g/mol. The Balaban J connectivity index is 1.64. The Morgan fingerprint density at radius 2 is 1.83 bits per heavy atom. The highest BCUT2D eigenvalue weighted by molar-refractivity contribution is 7.92. The molecule has 0 aliphatic carbocycles. The topological polar surface area (TPSA) is 101 Å². The van der Waals surface area contributed by atoms with Crippen LogP contribution >= 0.6 is 12.2 Å². The van der Waals surface area contributed by atoms with Gasteiger partial charge in [-0.1, -0.05) is 6.07 Å². The molecule has 1 fully saturated rings. The maximum absolute atomic E-state index is 11.8. The van der Waals surface area contributed by atoms with Gasteiger partial charge in [-0.25, -0.2) is 8.42 Å². The number of rotatable bonds is 7. The van der Waals surface area contributed by atoms with E-state index < -0.39 is 10.0 Å². The van der Waals surface area contributed by atoms with E-state index in [2.05, 4.69) is 30.6 Å². The minimum absolute atomic E-state index is 0.242. The number of hydrogen-bond donors (Lipinski definition) is 2. The molecule has 36 heavy (non-hydrogen) atoms. The predicted molar refractivity (Wildman–Crippen MR) is 143 cm³/mol. The first-order valence-electron chi connectivity index (χ1n) is 11.1. The fraction of sp³-hybridized carbons (Fsp3) is 0.160. The fourth-order valence-electron chi connectivity index (χ4n) is 4.42. The molecule has 9 nitrogen and oxygen atoms in total. The van der Waals surface area contributed by atoms with Gasteiger partial charge < -0.3 is 19.5 Å². The van der Waals surface area contributed by atoms with Crippen molar-refractivity contribution in [1.82, 2.24) is 19.9 Å². The van der Waals surface area contributed by atoms with Crippen LogP contribution in [0.4, 0.5) is 11.4 Å². The number of anilines is 2. The van der Waals surface area contributed by atoms with Crippen LogP contribution < -0.4 is 19.7 Å². The smallest absolute Gasteiger partial charge is 0.229 e. The average molecular weight is 521 g/mol. The van der Waals surface area contributed by atoms with Crippen LogP contribution in [0.1, 0.15) is 23.5 Å². The minimum atomic E-state index is -3.48. The number of methoxy groups -OCH3 is 1. The van der Waals surface area contributed by atoms with Gasteiger partial charge in [0.25, 0.3) is 0 Å². The third-order valence-electron chi connectivity index (χ3n) is 5.88. The molecule has 1 aliphatic heterocycles. The lowest BCUT2D eigenvalue weighted by Gasteiger charge is -2.29. The van der Waals surface area contributed by atoms with Crippen LogP contribution in [0.25, 0.3) is 5.69 Å². The van der Waals surface area contributed by atoms with Crippen LogP contribution in [0.5, 0.6) is 5.75 Å². The quantitative estimate of drug-likeness (QED) is 0.355. The summed E-state index contributed by atoms with van der Waals surface area (Å²) in [6.07, 6.45) is 8.36. The zero-order chi connectivity index (χ0) is 25.3. The van der Waals surface area contributed by atoms with E-state index in [9.17, 15) is 8.42 Å². The van der Waals surface area contributed by atoms with Crippen molar-refractivity contribution in [3.63, 3.8) is 0 Å². The molecule has 0 radical (unpaired) electrons. The van der Waals surface area contributed by atoms with Gasteiger partial charge in [0, 0.05) is 47.9 Å². The Hall–Kier alpha value is -3.96. The van der Waals surface area contributed by atoms with Crippen molar-refractivity contribution >= 4 is 38.7 Å². The molecule has 11 heteroatoms. The summed E-state index contributed by atoms with van der Waals surface area (Å²) in [5.74, 6) is 0.380. The number of pyridine rings is 2. The van der Waals surface area contributed by atoms with Gasteiger partial charge >= 0.3 is 0 Å². The van der Waals surface area contributed by atoms with Crippen molar-refractivity contribution in [1.29, 1.82) is 0 Å². The summed E-state index contributed by atoms with van der Waals surface area (Å²) in [7, 11) is -1.98. The molecule has 4 aromatic rings. The van der Waals surface area contributed by atoms with Gasteiger partial charge in [-0.05, 0) is 60.7 Å². The normalized spacial score (nSPS) is 17.6. The Morgan fingerprint density at radius 3 is 2.53 bits per heavy atom. The molecule has 0 saturated carbocycles. The number of sulfonamides is 1. The molecule has 3 aromatic heterocycles. The maximum Gasteiger partial charge on any atom is 0.229 e. The Bertz CT molecular complexity index is 1490. The van der Waals surface area contributed by atoms with E-state index in [4.69, 9.17) is 17.0 Å². The lowest BCUT2D eigenvalue weighted by atomic mass is 10.0. The summed E-state index contributed by atoms with van der Waals surface area (Å²) < 4.78 is 33.7. The average Bonchev–Trinajstić information content (AvgIpc) is 3.49. The second-order valence-corrected chi connectivity index (χ2v) is 10.4. The van der Waals surface area contributed by atoms with E-state index in [1.165, 1.54) is 7.11 Å². The van der Waals surface area contributed by atoms with Crippen LogP contribution in [-0.4, -0.2) is 41.4 Å². The largest absolute Gasteiger partial charge is 0.494 e. The van der Waals surface area contributed by atoms with Crippen LogP contribution in [0.15, 0.2) is 85.5 Å². The van der Waals surface area contributed by atoms with Gasteiger partial charge in [0.05, 0.1) is 30.8 Å². The summed E-state index contributed by atoms with van der Waals surface area (Å²) in [5.41, 5.74) is 3.89. The van der Waals surface area contributed by atoms with E-state index in [1.54, 1.807) is 30.7 Å². The van der Waals surface area contributed by atoms with Crippen molar-refractivity contribution < 1.29 is 13.2 Å². The van der Waals surface area contributed by atoms with Gasteiger partial charge in [-0.15, -0.1) is 0 Å². The molecule has 4 heterocycles. The van der Waals surface area contributed by atoms with Crippen molar-refractivity contribution in [2.24, 2.45) is 0 Å². The Morgan fingerprint density at radius 1 is 1.03 bits per heavy atom. The molecule has 2 atom stereocenters. The maximum atomic E-state index is 11.8. The van der Waals surface area contributed by atoms with Crippen LogP contribution in [-0.2, 0) is 10.0 Å². The second-order valence-electron chi connectivity index (χ2n) is 8.26. The highest BCUT2D eigenvalue weighted by Crippen LogP contribution is 2.43.